The van der Waals surface area contributed by atoms with E-state index >= 15 is 0 Å². The van der Waals surface area contributed by atoms with Crippen LogP contribution in [-0.2, 0) is 27.8 Å². The van der Waals surface area contributed by atoms with Crippen LogP contribution in [0.5, 0.6) is 5.75 Å². The summed E-state index contributed by atoms with van der Waals surface area (Å²) in [4.78, 5) is 12.6. The summed E-state index contributed by atoms with van der Waals surface area (Å²) in [6.45, 7) is 5.12. The number of methoxy groups -OCH3 is 1. The molecule has 0 spiro atoms. The Kier molecular flexibility index (Phi) is 8.17. The lowest BCUT2D eigenvalue weighted by molar-refractivity contribution is -0.141. The number of nitrogens with zero attached hydrogens (tertiary/aromatic N) is 1. The van der Waals surface area contributed by atoms with Gasteiger partial charge in [-0.25, -0.2) is 8.42 Å². The normalized spacial score (nSPS) is 12.5. The number of carbonyl (C=O) groups is 1. The molecule has 0 aliphatic rings. The number of halogens is 1. The second-order valence-corrected chi connectivity index (χ2v) is 10.8. The molecule has 6 nitrogen and oxygen atoms in total. The first kappa shape index (κ1) is 25.9. The van der Waals surface area contributed by atoms with E-state index < -0.39 is 22.0 Å². The van der Waals surface area contributed by atoms with Crippen LogP contribution in [0.1, 0.15) is 27.8 Å². The molecule has 180 valence electrons. The summed E-state index contributed by atoms with van der Waals surface area (Å²) in [5.41, 5.74) is 3.15. The van der Waals surface area contributed by atoms with Gasteiger partial charge in [-0.3, -0.25) is 4.79 Å². The van der Waals surface area contributed by atoms with Gasteiger partial charge >= 0.3 is 5.97 Å². The van der Waals surface area contributed by atoms with Gasteiger partial charge in [0.15, 0.2) is 0 Å². The van der Waals surface area contributed by atoms with E-state index in [0.717, 1.165) is 9.87 Å². The molecule has 3 aromatic carbocycles. The fourth-order valence-electron chi connectivity index (χ4n) is 4.05. The van der Waals surface area contributed by atoms with Crippen molar-refractivity contribution in [1.29, 1.82) is 0 Å². The quantitative estimate of drug-likeness (QED) is 0.396. The van der Waals surface area contributed by atoms with E-state index in [1.54, 1.807) is 57.2 Å². The summed E-state index contributed by atoms with van der Waals surface area (Å²) in [6.07, 6.45) is 0.0348. The molecule has 34 heavy (non-hydrogen) atoms. The molecule has 3 rings (SSSR count). The molecule has 8 heteroatoms. The van der Waals surface area contributed by atoms with Gasteiger partial charge in [-0.15, -0.1) is 0 Å². The average Bonchev–Trinajstić information content (AvgIpc) is 2.80. The first-order valence-corrected chi connectivity index (χ1v) is 13.0. The minimum absolute atomic E-state index is 0.0348. The molecular formula is C26H28BrNO5S. The highest BCUT2D eigenvalue weighted by Crippen LogP contribution is 2.34. The maximum absolute atomic E-state index is 14.2. The van der Waals surface area contributed by atoms with Crippen LogP contribution >= 0.6 is 15.9 Å². The largest absolute Gasteiger partial charge is 0.496 e. The van der Waals surface area contributed by atoms with E-state index in [-0.39, 0.29) is 17.9 Å². The third-order valence-corrected chi connectivity index (χ3v) is 8.87. The monoisotopic (exact) mass is 545 g/mol. The Hall–Kier alpha value is -2.68. The number of aliphatic carboxylic acids is 1. The van der Waals surface area contributed by atoms with Crippen molar-refractivity contribution in [2.24, 2.45) is 0 Å². The number of hydrogen-bond donors (Lipinski definition) is 1. The number of benzene rings is 3. The molecule has 3 aromatic rings. The molecule has 0 aromatic heterocycles. The van der Waals surface area contributed by atoms with Gasteiger partial charge in [0.05, 0.1) is 12.0 Å². The third kappa shape index (κ3) is 5.35. The second-order valence-electron chi connectivity index (χ2n) is 8.16. The summed E-state index contributed by atoms with van der Waals surface area (Å²) in [5.74, 6) is -0.620. The summed E-state index contributed by atoms with van der Waals surface area (Å²) < 4.78 is 35.6. The average molecular weight is 546 g/mol. The molecule has 0 aliphatic carbocycles. The number of carboxylic acids is 1. The number of hydrogen-bond acceptors (Lipinski definition) is 4. The first-order valence-electron chi connectivity index (χ1n) is 10.7. The fraction of sp³-hybridized carbons (Fsp3) is 0.269. The van der Waals surface area contributed by atoms with Crippen molar-refractivity contribution in [1.82, 2.24) is 4.31 Å². The molecule has 0 aliphatic heterocycles. The van der Waals surface area contributed by atoms with E-state index in [1.807, 2.05) is 24.3 Å². The molecule has 0 fully saturated rings. The van der Waals surface area contributed by atoms with Gasteiger partial charge < -0.3 is 9.84 Å². The first-order chi connectivity index (χ1) is 16.1. The van der Waals surface area contributed by atoms with Gasteiger partial charge in [0.2, 0.25) is 10.0 Å². The Morgan fingerprint density at radius 2 is 1.65 bits per heavy atom. The number of sulfonamides is 1. The summed E-state index contributed by atoms with van der Waals surface area (Å²) in [7, 11) is -2.68. The number of rotatable bonds is 9. The molecule has 0 radical (unpaired) electrons. The van der Waals surface area contributed by atoms with Crippen LogP contribution in [0.25, 0.3) is 0 Å². The number of aryl methyl sites for hydroxylation is 1. The van der Waals surface area contributed by atoms with E-state index in [9.17, 15) is 18.3 Å². The van der Waals surface area contributed by atoms with Crippen molar-refractivity contribution < 1.29 is 23.1 Å². The van der Waals surface area contributed by atoms with Crippen molar-refractivity contribution in [2.45, 2.75) is 44.7 Å². The fourth-order valence-corrected chi connectivity index (χ4v) is 6.51. The number of ether oxygens (including phenoxy) is 1. The highest BCUT2D eigenvalue weighted by Gasteiger charge is 2.38. The van der Waals surface area contributed by atoms with Crippen LogP contribution in [0.3, 0.4) is 0 Å². The molecule has 0 saturated carbocycles. The molecule has 0 heterocycles. The van der Waals surface area contributed by atoms with E-state index in [2.05, 4.69) is 15.9 Å². The highest BCUT2D eigenvalue weighted by molar-refractivity contribution is 9.10. The molecule has 0 amide bonds. The van der Waals surface area contributed by atoms with Crippen molar-refractivity contribution in [3.8, 4) is 5.75 Å². The smallest absolute Gasteiger partial charge is 0.322 e. The van der Waals surface area contributed by atoms with E-state index in [1.165, 1.54) is 7.11 Å². The zero-order valence-corrected chi connectivity index (χ0v) is 22.0. The Labute approximate surface area is 209 Å². The minimum atomic E-state index is -4.21. The van der Waals surface area contributed by atoms with Gasteiger partial charge in [0.25, 0.3) is 0 Å². The van der Waals surface area contributed by atoms with Gasteiger partial charge in [-0.2, -0.15) is 4.31 Å². The molecule has 0 unspecified atom stereocenters. The summed E-state index contributed by atoms with van der Waals surface area (Å²) >= 11 is 3.47. The van der Waals surface area contributed by atoms with Gasteiger partial charge in [-0.05, 0) is 67.1 Å². The van der Waals surface area contributed by atoms with Crippen LogP contribution in [-0.4, -0.2) is 37.0 Å². The summed E-state index contributed by atoms with van der Waals surface area (Å²) in [5, 5.41) is 10.2. The molecule has 1 N–H and O–H groups in total. The maximum atomic E-state index is 14.2. The third-order valence-electron chi connectivity index (χ3n) is 5.95. The molecule has 1 atom stereocenters. The van der Waals surface area contributed by atoms with Crippen molar-refractivity contribution >= 4 is 31.9 Å². The van der Waals surface area contributed by atoms with Crippen molar-refractivity contribution in [3.05, 3.63) is 93.0 Å². The predicted molar refractivity (Wildman–Crippen MR) is 136 cm³/mol. The molecule has 0 saturated heterocycles. The van der Waals surface area contributed by atoms with Crippen LogP contribution in [0.2, 0.25) is 0 Å². The van der Waals surface area contributed by atoms with Crippen LogP contribution in [0.4, 0.5) is 0 Å². The van der Waals surface area contributed by atoms with Gasteiger partial charge in [0, 0.05) is 11.0 Å². The van der Waals surface area contributed by atoms with Gasteiger partial charge in [-0.1, -0.05) is 64.5 Å². The predicted octanol–water partition coefficient (Wildman–Crippen LogP) is 5.27. The van der Waals surface area contributed by atoms with Crippen LogP contribution < -0.4 is 4.74 Å². The topological polar surface area (TPSA) is 83.9 Å². The lowest BCUT2D eigenvalue weighted by Gasteiger charge is -2.30. The standard InChI is InChI=1S/C26H28BrNO5S/c1-17-14-24(33-4)18(2)19(3)25(17)34(31,32)28(16-21-12-8-9-13-22(21)27)23(26(29)30)15-20-10-6-5-7-11-20/h5-14,23H,15-16H2,1-4H3,(H,29,30)/t23-/m0/s1. The Bertz CT molecular complexity index is 1290. The van der Waals surface area contributed by atoms with Gasteiger partial charge in [0.1, 0.15) is 11.8 Å². The molecule has 0 bridgehead atoms. The Morgan fingerprint density at radius 3 is 2.24 bits per heavy atom. The zero-order valence-electron chi connectivity index (χ0n) is 19.6. The molecular weight excluding hydrogens is 518 g/mol. The van der Waals surface area contributed by atoms with E-state index in [0.29, 0.717) is 32.5 Å². The number of carboxylic acid groups (broad SMARTS) is 1. The second kappa shape index (κ2) is 10.7. The summed E-state index contributed by atoms with van der Waals surface area (Å²) in [6, 6.07) is 16.6. The SMILES string of the molecule is COc1cc(C)c(S(=O)(=O)N(Cc2ccccc2Br)[C@@H](Cc2ccccc2)C(=O)O)c(C)c1C. The Morgan fingerprint density at radius 1 is 1.03 bits per heavy atom. The van der Waals surface area contributed by atoms with Crippen molar-refractivity contribution in [3.63, 3.8) is 0 Å². The Balaban J connectivity index is 2.21. The lowest BCUT2D eigenvalue weighted by Crippen LogP contribution is -2.46. The van der Waals surface area contributed by atoms with Crippen LogP contribution in [0, 0.1) is 20.8 Å². The zero-order chi connectivity index (χ0) is 25.0. The van der Waals surface area contributed by atoms with Crippen LogP contribution in [0.15, 0.2) is 70.0 Å². The van der Waals surface area contributed by atoms with E-state index in [4.69, 9.17) is 4.74 Å². The lowest BCUT2D eigenvalue weighted by atomic mass is 10.1. The minimum Gasteiger partial charge on any atom is -0.496 e. The maximum Gasteiger partial charge on any atom is 0.322 e. The highest BCUT2D eigenvalue weighted by atomic mass is 79.9. The van der Waals surface area contributed by atoms with Crippen molar-refractivity contribution in [2.75, 3.05) is 7.11 Å².